The highest BCUT2D eigenvalue weighted by Gasteiger charge is 2.10. The van der Waals surface area contributed by atoms with Gasteiger partial charge in [-0.2, -0.15) is 0 Å². The van der Waals surface area contributed by atoms with Crippen LogP contribution in [-0.4, -0.2) is 48.8 Å². The summed E-state index contributed by atoms with van der Waals surface area (Å²) in [4.78, 5) is 16.1. The number of aliphatic imine (C=N–C) groups is 1. The lowest BCUT2D eigenvalue weighted by Crippen LogP contribution is -2.40. The lowest BCUT2D eigenvalue weighted by molar-refractivity contribution is -0.121. The fourth-order valence-electron chi connectivity index (χ4n) is 2.38. The Labute approximate surface area is 185 Å². The van der Waals surface area contributed by atoms with E-state index in [1.54, 1.807) is 0 Å². The lowest BCUT2D eigenvalue weighted by atomic mass is 10.1. The number of aliphatic hydroxyl groups is 1. The molecule has 1 unspecified atom stereocenters. The van der Waals surface area contributed by atoms with E-state index in [-0.39, 0.29) is 48.6 Å². The predicted octanol–water partition coefficient (Wildman–Crippen LogP) is 2.60. The third kappa shape index (κ3) is 11.3. The maximum atomic E-state index is 11.7. The molecule has 160 valence electrons. The minimum Gasteiger partial charge on any atom is -0.491 e. The van der Waals surface area contributed by atoms with Crippen molar-refractivity contribution in [3.8, 4) is 5.75 Å². The molecule has 0 radical (unpaired) electrons. The molecule has 1 aromatic carbocycles. The van der Waals surface area contributed by atoms with E-state index in [2.05, 4.69) is 20.9 Å². The normalized spacial score (nSPS) is 12.4. The molecule has 1 amide bonds. The summed E-state index contributed by atoms with van der Waals surface area (Å²) in [7, 11) is 0. The number of guanidine groups is 1. The summed E-state index contributed by atoms with van der Waals surface area (Å²) in [6.07, 6.45) is -0.298. The fraction of sp³-hybridized carbons (Fsp3) is 0.600. The minimum atomic E-state index is -0.736. The van der Waals surface area contributed by atoms with Crippen LogP contribution in [0.4, 0.5) is 0 Å². The molecule has 1 rings (SSSR count). The molecule has 0 spiro atoms. The number of carbonyl (C=O) groups excluding carboxylic acids is 1. The van der Waals surface area contributed by atoms with Gasteiger partial charge in [-0.1, -0.05) is 12.1 Å². The van der Waals surface area contributed by atoms with Crippen LogP contribution in [0.5, 0.6) is 5.75 Å². The van der Waals surface area contributed by atoms with E-state index in [4.69, 9.17) is 4.74 Å². The number of hydrogen-bond acceptors (Lipinski definition) is 4. The number of nitrogens with zero attached hydrogens (tertiary/aromatic N) is 1. The van der Waals surface area contributed by atoms with Crippen molar-refractivity contribution in [3.05, 3.63) is 29.8 Å². The second-order valence-corrected chi connectivity index (χ2v) is 6.87. The molecule has 28 heavy (non-hydrogen) atoms. The van der Waals surface area contributed by atoms with Crippen LogP contribution in [0.3, 0.4) is 0 Å². The highest BCUT2D eigenvalue weighted by atomic mass is 127. The summed E-state index contributed by atoms with van der Waals surface area (Å²) in [6, 6.07) is 7.54. The molecule has 0 saturated carbocycles. The zero-order chi connectivity index (χ0) is 20.2. The predicted molar refractivity (Wildman–Crippen MR) is 124 cm³/mol. The summed E-state index contributed by atoms with van der Waals surface area (Å²) in [5.41, 5.74) is 0.754. The van der Waals surface area contributed by atoms with E-state index in [0.29, 0.717) is 25.5 Å². The smallest absolute Gasteiger partial charge is 0.221 e. The minimum absolute atomic E-state index is 0. The quantitative estimate of drug-likeness (QED) is 0.222. The van der Waals surface area contributed by atoms with Crippen molar-refractivity contribution in [2.75, 3.05) is 19.6 Å². The van der Waals surface area contributed by atoms with Gasteiger partial charge in [0.05, 0.1) is 18.8 Å². The van der Waals surface area contributed by atoms with Gasteiger partial charge in [0.2, 0.25) is 5.91 Å². The standard InChI is InChI=1S/C20H34N4O3.HI/c1-6-21-20(22-11-10-19(26)24-14(2)3)23-13-18(25)16-8-7-9-17(12-16)27-15(4)5;/h7-9,12,14-15,18,25H,6,10-11,13H2,1-5H3,(H,24,26)(H2,21,22,23);1H. The Hall–Kier alpha value is -1.55. The molecule has 8 heteroatoms. The third-order valence-corrected chi connectivity index (χ3v) is 3.48. The average molecular weight is 506 g/mol. The average Bonchev–Trinajstić information content (AvgIpc) is 2.58. The van der Waals surface area contributed by atoms with Gasteiger partial charge in [-0.15, -0.1) is 24.0 Å². The van der Waals surface area contributed by atoms with Gasteiger partial charge in [0, 0.05) is 25.6 Å². The van der Waals surface area contributed by atoms with Crippen LogP contribution in [0.1, 0.15) is 52.7 Å². The summed E-state index contributed by atoms with van der Waals surface area (Å²) in [6.45, 7) is 11.1. The number of rotatable bonds is 10. The van der Waals surface area contributed by atoms with E-state index in [9.17, 15) is 9.90 Å². The second kappa shape index (κ2) is 14.4. The van der Waals surface area contributed by atoms with E-state index in [0.717, 1.165) is 11.3 Å². The highest BCUT2D eigenvalue weighted by Crippen LogP contribution is 2.20. The van der Waals surface area contributed by atoms with Crippen molar-refractivity contribution in [1.82, 2.24) is 16.0 Å². The highest BCUT2D eigenvalue weighted by molar-refractivity contribution is 14.0. The van der Waals surface area contributed by atoms with Crippen molar-refractivity contribution in [2.24, 2.45) is 4.99 Å². The summed E-state index contributed by atoms with van der Waals surface area (Å²) in [5.74, 6) is 1.30. The van der Waals surface area contributed by atoms with Crippen molar-refractivity contribution < 1.29 is 14.6 Å². The maximum absolute atomic E-state index is 11.7. The molecular formula is C20H35IN4O3. The van der Waals surface area contributed by atoms with Gasteiger partial charge < -0.3 is 25.8 Å². The number of benzene rings is 1. The largest absolute Gasteiger partial charge is 0.491 e. The molecule has 4 N–H and O–H groups in total. The molecule has 0 aromatic heterocycles. The number of aliphatic hydroxyl groups excluding tert-OH is 1. The van der Waals surface area contributed by atoms with Crippen molar-refractivity contribution in [1.29, 1.82) is 0 Å². The van der Waals surface area contributed by atoms with Gasteiger partial charge in [0.1, 0.15) is 5.75 Å². The molecule has 0 saturated heterocycles. The van der Waals surface area contributed by atoms with Crippen LogP contribution >= 0.6 is 24.0 Å². The van der Waals surface area contributed by atoms with Gasteiger partial charge in [-0.25, -0.2) is 0 Å². The van der Waals surface area contributed by atoms with Crippen molar-refractivity contribution in [3.63, 3.8) is 0 Å². The first-order chi connectivity index (χ1) is 12.8. The molecule has 0 heterocycles. The molecule has 0 aliphatic carbocycles. The summed E-state index contributed by atoms with van der Waals surface area (Å²) in [5, 5.41) is 19.5. The van der Waals surface area contributed by atoms with Crippen molar-refractivity contribution in [2.45, 2.75) is 59.3 Å². The molecule has 0 aliphatic heterocycles. The third-order valence-electron chi connectivity index (χ3n) is 3.48. The van der Waals surface area contributed by atoms with Crippen molar-refractivity contribution >= 4 is 35.8 Å². The Morgan fingerprint density at radius 1 is 1.21 bits per heavy atom. The van der Waals surface area contributed by atoms with E-state index >= 15 is 0 Å². The Kier molecular flexibility index (Phi) is 13.6. The van der Waals surface area contributed by atoms with Gasteiger partial charge in [-0.3, -0.25) is 9.79 Å². The van der Waals surface area contributed by atoms with Crippen LogP contribution in [0.15, 0.2) is 29.3 Å². The Morgan fingerprint density at radius 2 is 1.93 bits per heavy atom. The van der Waals surface area contributed by atoms with Gasteiger partial charge in [0.15, 0.2) is 5.96 Å². The molecule has 1 aromatic rings. The number of carbonyl (C=O) groups is 1. The Bertz CT molecular complexity index is 609. The zero-order valence-corrected chi connectivity index (χ0v) is 19.8. The van der Waals surface area contributed by atoms with E-state index < -0.39 is 6.10 Å². The maximum Gasteiger partial charge on any atom is 0.221 e. The van der Waals surface area contributed by atoms with Crippen LogP contribution < -0.4 is 20.7 Å². The lowest BCUT2D eigenvalue weighted by Gasteiger charge is -2.15. The molecule has 0 fully saturated rings. The SMILES string of the molecule is CCNC(=NCC(O)c1cccc(OC(C)C)c1)NCCC(=O)NC(C)C.I. The number of amides is 1. The van der Waals surface area contributed by atoms with E-state index in [1.165, 1.54) is 0 Å². The zero-order valence-electron chi connectivity index (χ0n) is 17.5. The first-order valence-electron chi connectivity index (χ1n) is 9.58. The number of hydrogen-bond donors (Lipinski definition) is 4. The second-order valence-electron chi connectivity index (χ2n) is 6.87. The first-order valence-corrected chi connectivity index (χ1v) is 9.58. The Balaban J connectivity index is 0.00000729. The summed E-state index contributed by atoms with van der Waals surface area (Å²) < 4.78 is 5.66. The molecule has 0 bridgehead atoms. The van der Waals surface area contributed by atoms with E-state index in [1.807, 2.05) is 58.9 Å². The van der Waals surface area contributed by atoms with Crippen LogP contribution in [0.2, 0.25) is 0 Å². The van der Waals surface area contributed by atoms with Gasteiger partial charge in [-0.05, 0) is 52.3 Å². The van der Waals surface area contributed by atoms with Crippen LogP contribution in [0, 0.1) is 0 Å². The number of halogens is 1. The fourth-order valence-corrected chi connectivity index (χ4v) is 2.38. The Morgan fingerprint density at radius 3 is 2.54 bits per heavy atom. The van der Waals surface area contributed by atoms with Gasteiger partial charge >= 0.3 is 0 Å². The molecule has 0 aliphatic rings. The van der Waals surface area contributed by atoms with Gasteiger partial charge in [0.25, 0.3) is 0 Å². The summed E-state index contributed by atoms with van der Waals surface area (Å²) >= 11 is 0. The number of ether oxygens (including phenoxy) is 1. The van der Waals surface area contributed by atoms with Crippen LogP contribution in [-0.2, 0) is 4.79 Å². The topological polar surface area (TPSA) is 95.0 Å². The first kappa shape index (κ1) is 26.4. The van der Waals surface area contributed by atoms with Crippen LogP contribution in [0.25, 0.3) is 0 Å². The molecular weight excluding hydrogens is 471 g/mol. The monoisotopic (exact) mass is 506 g/mol. The number of nitrogens with one attached hydrogen (secondary N) is 3. The molecule has 1 atom stereocenters. The molecule has 7 nitrogen and oxygen atoms in total.